The van der Waals surface area contributed by atoms with Crippen molar-refractivity contribution in [1.82, 2.24) is 0 Å². The third kappa shape index (κ3) is 21.4. The molecule has 0 radical (unpaired) electrons. The van der Waals surface area contributed by atoms with Gasteiger partial charge in [0.1, 0.15) is 6.61 Å². The van der Waals surface area contributed by atoms with E-state index in [1.807, 2.05) is 0 Å². The van der Waals surface area contributed by atoms with E-state index >= 15 is 0 Å². The lowest BCUT2D eigenvalue weighted by Gasteiger charge is -2.11. The van der Waals surface area contributed by atoms with Crippen molar-refractivity contribution in [3.05, 3.63) is 24.8 Å². The van der Waals surface area contributed by atoms with Crippen molar-refractivity contribution < 1.29 is 19.4 Å². The van der Waals surface area contributed by atoms with E-state index in [0.29, 0.717) is 6.42 Å². The van der Waals surface area contributed by atoms with Crippen LogP contribution in [0.2, 0.25) is 0 Å². The summed E-state index contributed by atoms with van der Waals surface area (Å²) in [6.45, 7) is 5.88. The van der Waals surface area contributed by atoms with Gasteiger partial charge in [-0.2, -0.15) is 0 Å². The second-order valence-electron chi connectivity index (χ2n) is 8.64. The predicted octanol–water partition coefficient (Wildman–Crippen LogP) is 8.01. The molecule has 1 atom stereocenters. The molecule has 0 rings (SSSR count). The van der Waals surface area contributed by atoms with E-state index in [1.165, 1.54) is 76.7 Å². The minimum atomic E-state index is -0.912. The number of rotatable bonds is 23. The van der Waals surface area contributed by atoms with Gasteiger partial charge < -0.3 is 9.84 Å². The first kappa shape index (κ1) is 29.4. The van der Waals surface area contributed by atoms with Crippen molar-refractivity contribution in [1.29, 1.82) is 0 Å². The quantitative estimate of drug-likeness (QED) is 0.100. The zero-order valence-electron chi connectivity index (χ0n) is 20.1. The molecule has 0 saturated carbocycles. The van der Waals surface area contributed by atoms with Gasteiger partial charge in [0, 0.05) is 0 Å². The fraction of sp³-hybridized carbons (Fsp3) is 0.778. The summed E-state index contributed by atoms with van der Waals surface area (Å²) in [6.07, 6.45) is 26.8. The Morgan fingerprint density at radius 2 is 1.29 bits per heavy atom. The summed E-state index contributed by atoms with van der Waals surface area (Å²) < 4.78 is 4.88. The average Bonchev–Trinajstić information content (AvgIpc) is 2.75. The van der Waals surface area contributed by atoms with Crippen LogP contribution in [-0.2, 0) is 14.3 Å². The van der Waals surface area contributed by atoms with Crippen LogP contribution in [0.15, 0.2) is 24.8 Å². The van der Waals surface area contributed by atoms with E-state index in [4.69, 9.17) is 4.74 Å². The first-order valence-corrected chi connectivity index (χ1v) is 12.8. The maximum atomic E-state index is 11.6. The highest BCUT2D eigenvalue weighted by Crippen LogP contribution is 2.16. The molecule has 4 heteroatoms. The molecule has 0 aromatic rings. The van der Waals surface area contributed by atoms with Crippen LogP contribution in [0.1, 0.15) is 122 Å². The highest BCUT2D eigenvalue weighted by Gasteiger charge is 2.21. The Bertz CT molecular complexity index is 470. The van der Waals surface area contributed by atoms with Crippen LogP contribution in [-0.4, -0.2) is 23.7 Å². The summed E-state index contributed by atoms with van der Waals surface area (Å²) in [6, 6.07) is 0. The number of esters is 1. The Labute approximate surface area is 191 Å². The topological polar surface area (TPSA) is 63.6 Å². The Hall–Kier alpha value is -1.58. The monoisotopic (exact) mass is 436 g/mol. The van der Waals surface area contributed by atoms with Gasteiger partial charge in [-0.15, -0.1) is 0 Å². The molecule has 0 saturated heterocycles. The van der Waals surface area contributed by atoms with Gasteiger partial charge in [-0.05, 0) is 32.1 Å². The largest absolute Gasteiger partial charge is 0.481 e. The van der Waals surface area contributed by atoms with E-state index in [0.717, 1.165) is 32.1 Å². The van der Waals surface area contributed by atoms with E-state index < -0.39 is 17.9 Å². The molecule has 0 aromatic heterocycles. The highest BCUT2D eigenvalue weighted by atomic mass is 16.5. The molecule has 1 N–H and O–H groups in total. The molecule has 0 heterocycles. The van der Waals surface area contributed by atoms with Crippen molar-refractivity contribution in [2.75, 3.05) is 6.61 Å². The number of allylic oxidation sites excluding steroid dienone is 2. The zero-order valence-corrected chi connectivity index (χ0v) is 20.1. The SMILES string of the molecule is C=CCOC(=O)CC(CCCCCC/C=C/CCCCCCCCCCCC)C(=O)O. The first-order valence-electron chi connectivity index (χ1n) is 12.8. The average molecular weight is 437 g/mol. The standard InChI is InChI=1S/C27H48O4/c1-3-5-6-7-8-9-10-11-12-13-14-15-16-17-18-19-20-21-22-25(27(29)30)24-26(28)31-23-4-2/h4,15-16,25H,2-3,5-14,17-24H2,1H3,(H,29,30)/b16-15+. The number of carbonyl (C=O) groups is 2. The van der Waals surface area contributed by atoms with Crippen LogP contribution in [0, 0.1) is 5.92 Å². The van der Waals surface area contributed by atoms with Crippen LogP contribution in [0.5, 0.6) is 0 Å². The minimum absolute atomic E-state index is 0.0507. The number of unbranched alkanes of at least 4 members (excludes halogenated alkanes) is 14. The smallest absolute Gasteiger partial charge is 0.307 e. The van der Waals surface area contributed by atoms with Crippen molar-refractivity contribution in [3.63, 3.8) is 0 Å². The first-order chi connectivity index (χ1) is 15.1. The van der Waals surface area contributed by atoms with Crippen LogP contribution >= 0.6 is 0 Å². The van der Waals surface area contributed by atoms with Gasteiger partial charge in [-0.25, -0.2) is 0 Å². The molecule has 1 unspecified atom stereocenters. The Balaban J connectivity index is 3.48. The number of aliphatic carboxylic acids is 1. The van der Waals surface area contributed by atoms with Gasteiger partial charge >= 0.3 is 11.9 Å². The van der Waals surface area contributed by atoms with Gasteiger partial charge in [0.15, 0.2) is 0 Å². The summed E-state index contributed by atoms with van der Waals surface area (Å²) in [5.41, 5.74) is 0. The molecule has 0 aliphatic heterocycles. The molecule has 0 spiro atoms. The highest BCUT2D eigenvalue weighted by molar-refractivity contribution is 5.78. The molecule has 0 aliphatic carbocycles. The van der Waals surface area contributed by atoms with Crippen LogP contribution in [0.4, 0.5) is 0 Å². The zero-order chi connectivity index (χ0) is 23.0. The minimum Gasteiger partial charge on any atom is -0.481 e. The maximum absolute atomic E-state index is 11.6. The number of hydrogen-bond donors (Lipinski definition) is 1. The van der Waals surface area contributed by atoms with Crippen LogP contribution < -0.4 is 0 Å². The van der Waals surface area contributed by atoms with Crippen molar-refractivity contribution >= 4 is 11.9 Å². The van der Waals surface area contributed by atoms with Gasteiger partial charge in [0.2, 0.25) is 0 Å². The van der Waals surface area contributed by atoms with Gasteiger partial charge in [0.25, 0.3) is 0 Å². The molecular formula is C27H48O4. The molecule has 0 aliphatic rings. The maximum Gasteiger partial charge on any atom is 0.307 e. The fourth-order valence-corrected chi connectivity index (χ4v) is 3.72. The Morgan fingerprint density at radius 3 is 1.77 bits per heavy atom. The summed E-state index contributed by atoms with van der Waals surface area (Å²) in [7, 11) is 0. The summed E-state index contributed by atoms with van der Waals surface area (Å²) in [5.74, 6) is -2.01. The van der Waals surface area contributed by atoms with Crippen molar-refractivity contribution in [2.45, 2.75) is 122 Å². The van der Waals surface area contributed by atoms with Gasteiger partial charge in [0.05, 0.1) is 12.3 Å². The summed E-state index contributed by atoms with van der Waals surface area (Å²) in [4.78, 5) is 22.9. The second kappa shape index (κ2) is 23.1. The molecule has 4 nitrogen and oxygen atoms in total. The summed E-state index contributed by atoms with van der Waals surface area (Å²) in [5, 5.41) is 9.25. The van der Waals surface area contributed by atoms with E-state index in [-0.39, 0.29) is 13.0 Å². The molecule has 0 fully saturated rings. The van der Waals surface area contributed by atoms with E-state index in [9.17, 15) is 14.7 Å². The van der Waals surface area contributed by atoms with Crippen LogP contribution in [0.25, 0.3) is 0 Å². The molecular weight excluding hydrogens is 388 g/mol. The van der Waals surface area contributed by atoms with Crippen molar-refractivity contribution in [2.24, 2.45) is 5.92 Å². The Kier molecular flexibility index (Phi) is 21.9. The number of ether oxygens (including phenoxy) is 1. The number of hydrogen-bond acceptors (Lipinski definition) is 3. The lowest BCUT2D eigenvalue weighted by atomic mass is 9.97. The molecule has 31 heavy (non-hydrogen) atoms. The van der Waals surface area contributed by atoms with Crippen LogP contribution in [0.3, 0.4) is 0 Å². The fourth-order valence-electron chi connectivity index (χ4n) is 3.72. The number of carboxylic acids is 1. The lowest BCUT2D eigenvalue weighted by Crippen LogP contribution is -2.19. The normalized spacial score (nSPS) is 12.2. The molecule has 180 valence electrons. The number of carbonyl (C=O) groups excluding carboxylic acids is 1. The van der Waals surface area contributed by atoms with E-state index in [1.54, 1.807) is 0 Å². The predicted molar refractivity (Wildman–Crippen MR) is 130 cm³/mol. The second-order valence-corrected chi connectivity index (χ2v) is 8.64. The molecule has 0 amide bonds. The molecule has 0 bridgehead atoms. The van der Waals surface area contributed by atoms with Gasteiger partial charge in [-0.1, -0.05) is 109 Å². The Morgan fingerprint density at radius 1 is 0.806 bits per heavy atom. The third-order valence-corrected chi connectivity index (χ3v) is 5.69. The summed E-state index contributed by atoms with van der Waals surface area (Å²) >= 11 is 0. The molecule has 0 aromatic carbocycles. The number of carboxylic acid groups (broad SMARTS) is 1. The lowest BCUT2D eigenvalue weighted by molar-refractivity contribution is -0.151. The van der Waals surface area contributed by atoms with E-state index in [2.05, 4.69) is 25.7 Å². The van der Waals surface area contributed by atoms with Crippen molar-refractivity contribution in [3.8, 4) is 0 Å². The third-order valence-electron chi connectivity index (χ3n) is 5.69. The van der Waals surface area contributed by atoms with Gasteiger partial charge in [-0.3, -0.25) is 9.59 Å².